The van der Waals surface area contributed by atoms with Crippen molar-refractivity contribution in [3.63, 3.8) is 0 Å². The molecule has 1 atom stereocenters. The van der Waals surface area contributed by atoms with Crippen molar-refractivity contribution in [1.82, 2.24) is 0 Å². The zero-order valence-electron chi connectivity index (χ0n) is 9.33. The average Bonchev–Trinajstić information content (AvgIpc) is 2.83. The van der Waals surface area contributed by atoms with E-state index in [4.69, 9.17) is 5.73 Å². The summed E-state index contributed by atoms with van der Waals surface area (Å²) in [7, 11) is 0. The van der Waals surface area contributed by atoms with Crippen molar-refractivity contribution in [2.45, 2.75) is 43.8 Å². The number of benzene rings is 1. The highest BCUT2D eigenvalue weighted by atomic mass is 19.1. The fourth-order valence-electron chi connectivity index (χ4n) is 2.49. The number of nitrogens with two attached hydrogens (primary N) is 1. The molecule has 0 aliphatic heterocycles. The van der Waals surface area contributed by atoms with Crippen LogP contribution in [0.4, 0.5) is 4.39 Å². The summed E-state index contributed by atoms with van der Waals surface area (Å²) >= 11 is 0. The third kappa shape index (κ3) is 2.05. The van der Waals surface area contributed by atoms with Crippen LogP contribution in [0.2, 0.25) is 0 Å². The smallest absolute Gasteiger partial charge is 0.114 e. The molecule has 1 aliphatic rings. The van der Waals surface area contributed by atoms with Gasteiger partial charge in [0, 0.05) is 11.5 Å². The molecule has 0 saturated heterocycles. The van der Waals surface area contributed by atoms with E-state index in [0.29, 0.717) is 0 Å². The van der Waals surface area contributed by atoms with Gasteiger partial charge in [0.1, 0.15) is 5.67 Å². The van der Waals surface area contributed by atoms with Crippen LogP contribution >= 0.6 is 0 Å². The zero-order chi connectivity index (χ0) is 11.1. The Morgan fingerprint density at radius 2 is 1.80 bits per heavy atom. The van der Waals surface area contributed by atoms with Crippen LogP contribution in [0.25, 0.3) is 0 Å². The first-order valence-electron chi connectivity index (χ1n) is 5.46. The molecule has 15 heavy (non-hydrogen) atoms. The maximum atomic E-state index is 14.2. The Balaban J connectivity index is 2.36. The highest BCUT2D eigenvalue weighted by molar-refractivity contribution is 5.30. The topological polar surface area (TPSA) is 26.0 Å². The van der Waals surface area contributed by atoms with E-state index in [2.05, 4.69) is 0 Å². The minimum atomic E-state index is -1.26. The monoisotopic (exact) mass is 207 g/mol. The van der Waals surface area contributed by atoms with Gasteiger partial charge in [0.25, 0.3) is 0 Å². The molecule has 2 rings (SSSR count). The molecule has 0 aromatic heterocycles. The Labute approximate surface area is 90.5 Å². The summed E-state index contributed by atoms with van der Waals surface area (Å²) < 4.78 is 14.2. The molecule has 1 aliphatic carbocycles. The highest BCUT2D eigenvalue weighted by Gasteiger charge is 2.52. The van der Waals surface area contributed by atoms with Gasteiger partial charge in [-0.15, -0.1) is 0 Å². The Morgan fingerprint density at radius 3 is 2.20 bits per heavy atom. The number of hydrogen-bond donors (Lipinski definition) is 1. The number of halogens is 1. The largest absolute Gasteiger partial charge is 0.324 e. The summed E-state index contributed by atoms with van der Waals surface area (Å²) in [6.45, 7) is 3.25. The van der Waals surface area contributed by atoms with Crippen LogP contribution in [-0.2, 0) is 0 Å². The molecule has 2 N–H and O–H groups in total. The van der Waals surface area contributed by atoms with Gasteiger partial charge in [-0.05, 0) is 32.3 Å². The van der Waals surface area contributed by atoms with Gasteiger partial charge in [-0.25, -0.2) is 4.39 Å². The van der Waals surface area contributed by atoms with Gasteiger partial charge in [0.15, 0.2) is 0 Å². The van der Waals surface area contributed by atoms with Crippen molar-refractivity contribution in [2.24, 2.45) is 5.73 Å². The molecule has 1 unspecified atom stereocenters. The van der Waals surface area contributed by atoms with Gasteiger partial charge in [-0.3, -0.25) is 0 Å². The molecular formula is C13H18FN. The first-order valence-corrected chi connectivity index (χ1v) is 5.46. The zero-order valence-corrected chi connectivity index (χ0v) is 9.33. The van der Waals surface area contributed by atoms with Crippen molar-refractivity contribution in [1.29, 1.82) is 0 Å². The predicted octanol–water partition coefficient (Wildman–Crippen LogP) is 3.01. The van der Waals surface area contributed by atoms with Gasteiger partial charge in [0.2, 0.25) is 0 Å². The van der Waals surface area contributed by atoms with E-state index in [1.54, 1.807) is 13.8 Å². The molecule has 1 fully saturated rings. The fourth-order valence-corrected chi connectivity index (χ4v) is 2.49. The van der Waals surface area contributed by atoms with Crippen LogP contribution in [0.1, 0.15) is 38.2 Å². The SMILES string of the molecule is CC(C)(F)C(c1ccccc1)C1(N)CC1. The molecule has 1 saturated carbocycles. The van der Waals surface area contributed by atoms with Crippen molar-refractivity contribution in [3.05, 3.63) is 35.9 Å². The number of alkyl halides is 1. The first-order chi connectivity index (χ1) is 6.93. The van der Waals surface area contributed by atoms with E-state index < -0.39 is 5.67 Å². The van der Waals surface area contributed by atoms with E-state index in [-0.39, 0.29) is 11.5 Å². The number of hydrogen-bond acceptors (Lipinski definition) is 1. The fraction of sp³-hybridized carbons (Fsp3) is 0.538. The first kappa shape index (κ1) is 10.6. The lowest BCUT2D eigenvalue weighted by Crippen LogP contribution is -2.41. The molecule has 1 aromatic rings. The minimum absolute atomic E-state index is 0.189. The van der Waals surface area contributed by atoms with E-state index >= 15 is 0 Å². The van der Waals surface area contributed by atoms with Gasteiger partial charge in [0.05, 0.1) is 0 Å². The van der Waals surface area contributed by atoms with Crippen molar-refractivity contribution < 1.29 is 4.39 Å². The Bertz CT molecular complexity index is 330. The quantitative estimate of drug-likeness (QED) is 0.810. The molecule has 0 radical (unpaired) electrons. The maximum absolute atomic E-state index is 14.2. The van der Waals surface area contributed by atoms with Gasteiger partial charge >= 0.3 is 0 Å². The Morgan fingerprint density at radius 1 is 1.27 bits per heavy atom. The molecular weight excluding hydrogens is 189 g/mol. The lowest BCUT2D eigenvalue weighted by molar-refractivity contribution is 0.147. The van der Waals surface area contributed by atoms with Crippen molar-refractivity contribution in [3.8, 4) is 0 Å². The number of rotatable bonds is 3. The van der Waals surface area contributed by atoms with Crippen LogP contribution in [0.15, 0.2) is 30.3 Å². The lowest BCUT2D eigenvalue weighted by Gasteiger charge is -2.32. The third-order valence-electron chi connectivity index (χ3n) is 3.22. The molecule has 0 amide bonds. The second-order valence-corrected chi connectivity index (χ2v) is 5.14. The normalized spacial score (nSPS) is 21.1. The van der Waals surface area contributed by atoms with E-state index in [1.807, 2.05) is 30.3 Å². The van der Waals surface area contributed by atoms with Crippen LogP contribution < -0.4 is 5.73 Å². The average molecular weight is 207 g/mol. The summed E-state index contributed by atoms with van der Waals surface area (Å²) in [6.07, 6.45) is 1.86. The summed E-state index contributed by atoms with van der Waals surface area (Å²) in [4.78, 5) is 0. The molecule has 0 spiro atoms. The standard InChI is InChI=1S/C13H18FN/c1-12(2,14)11(13(15)8-9-13)10-6-4-3-5-7-10/h3-7,11H,8-9,15H2,1-2H3. The van der Waals surface area contributed by atoms with Gasteiger partial charge in [-0.2, -0.15) is 0 Å². The van der Waals surface area contributed by atoms with Crippen LogP contribution in [0.3, 0.4) is 0 Å². The summed E-state index contributed by atoms with van der Waals surface area (Å²) in [5.41, 5.74) is 5.61. The minimum Gasteiger partial charge on any atom is -0.324 e. The predicted molar refractivity (Wildman–Crippen MR) is 60.5 cm³/mol. The van der Waals surface area contributed by atoms with Gasteiger partial charge in [-0.1, -0.05) is 30.3 Å². The lowest BCUT2D eigenvalue weighted by atomic mass is 9.79. The summed E-state index contributed by atoms with van der Waals surface area (Å²) in [5.74, 6) is -0.189. The van der Waals surface area contributed by atoms with E-state index in [0.717, 1.165) is 18.4 Å². The maximum Gasteiger partial charge on any atom is 0.114 e. The van der Waals surface area contributed by atoms with Gasteiger partial charge < -0.3 is 5.73 Å². The van der Waals surface area contributed by atoms with E-state index in [9.17, 15) is 4.39 Å². The second kappa shape index (κ2) is 3.31. The Hall–Kier alpha value is -0.890. The van der Waals surface area contributed by atoms with Crippen molar-refractivity contribution in [2.75, 3.05) is 0 Å². The molecule has 0 bridgehead atoms. The Kier molecular flexibility index (Phi) is 2.34. The summed E-state index contributed by atoms with van der Waals surface area (Å²) in [5, 5.41) is 0. The van der Waals surface area contributed by atoms with Crippen molar-refractivity contribution >= 4 is 0 Å². The van der Waals surface area contributed by atoms with Crippen LogP contribution in [0.5, 0.6) is 0 Å². The summed E-state index contributed by atoms with van der Waals surface area (Å²) in [6, 6.07) is 9.78. The molecule has 2 heteroatoms. The van der Waals surface area contributed by atoms with Crippen LogP contribution in [0, 0.1) is 0 Å². The molecule has 0 heterocycles. The van der Waals surface area contributed by atoms with Crippen LogP contribution in [-0.4, -0.2) is 11.2 Å². The molecule has 82 valence electrons. The second-order valence-electron chi connectivity index (χ2n) is 5.14. The molecule has 1 aromatic carbocycles. The third-order valence-corrected chi connectivity index (χ3v) is 3.22. The highest BCUT2D eigenvalue weighted by Crippen LogP contribution is 2.51. The molecule has 1 nitrogen and oxygen atoms in total. The van der Waals surface area contributed by atoms with E-state index in [1.165, 1.54) is 0 Å².